The van der Waals surface area contributed by atoms with Crippen molar-refractivity contribution in [3.8, 4) is 0 Å². The number of pyridine rings is 2. The van der Waals surface area contributed by atoms with Gasteiger partial charge in [-0.3, -0.25) is 9.78 Å². The molecular formula is C17H19ClN4O. The van der Waals surface area contributed by atoms with Crippen molar-refractivity contribution in [2.75, 3.05) is 23.3 Å². The Labute approximate surface area is 140 Å². The molecule has 0 aromatic carbocycles. The Morgan fingerprint density at radius 3 is 2.78 bits per heavy atom. The molecular weight excluding hydrogens is 312 g/mol. The lowest BCUT2D eigenvalue weighted by Crippen LogP contribution is -2.38. The van der Waals surface area contributed by atoms with Crippen LogP contribution in [0.1, 0.15) is 18.4 Å². The standard InChI is InChI=1S/C17H19ClN4O/c1-12-2-7-20-16(10-12)21-17(23)13-4-8-22(9-5-13)15-3-6-19-11-14(15)18/h2-3,6-7,10-11,13H,4-5,8-9H2,1H3,(H,20,21,23). The predicted molar refractivity (Wildman–Crippen MR) is 91.8 cm³/mol. The summed E-state index contributed by atoms with van der Waals surface area (Å²) in [6, 6.07) is 5.70. The minimum absolute atomic E-state index is 0.00850. The second-order valence-electron chi connectivity index (χ2n) is 5.80. The van der Waals surface area contributed by atoms with Gasteiger partial charge in [-0.25, -0.2) is 4.98 Å². The molecule has 0 atom stereocenters. The number of rotatable bonds is 3. The third kappa shape index (κ3) is 3.79. The molecule has 0 unspecified atom stereocenters. The molecule has 1 aliphatic rings. The van der Waals surface area contributed by atoms with Gasteiger partial charge in [-0.05, 0) is 43.5 Å². The summed E-state index contributed by atoms with van der Waals surface area (Å²) in [5.41, 5.74) is 2.07. The van der Waals surface area contributed by atoms with E-state index in [4.69, 9.17) is 11.6 Å². The van der Waals surface area contributed by atoms with Gasteiger partial charge in [-0.1, -0.05) is 11.6 Å². The van der Waals surface area contributed by atoms with E-state index in [0.717, 1.165) is 37.2 Å². The third-order valence-corrected chi connectivity index (χ3v) is 4.42. The van der Waals surface area contributed by atoms with Crippen LogP contribution < -0.4 is 10.2 Å². The summed E-state index contributed by atoms with van der Waals surface area (Å²) in [5.74, 6) is 0.673. The molecule has 1 saturated heterocycles. The van der Waals surface area contributed by atoms with E-state index in [0.29, 0.717) is 10.8 Å². The minimum atomic E-state index is 0.00850. The third-order valence-electron chi connectivity index (χ3n) is 4.12. The van der Waals surface area contributed by atoms with Crippen LogP contribution in [0.5, 0.6) is 0 Å². The highest BCUT2D eigenvalue weighted by molar-refractivity contribution is 6.33. The highest BCUT2D eigenvalue weighted by Gasteiger charge is 2.26. The maximum Gasteiger partial charge on any atom is 0.228 e. The normalized spacial score (nSPS) is 15.5. The smallest absolute Gasteiger partial charge is 0.228 e. The lowest BCUT2D eigenvalue weighted by Gasteiger charge is -2.33. The molecule has 5 nitrogen and oxygen atoms in total. The van der Waals surface area contributed by atoms with Crippen LogP contribution in [0.25, 0.3) is 0 Å². The fraction of sp³-hybridized carbons (Fsp3) is 0.353. The average Bonchev–Trinajstić information content (AvgIpc) is 2.55. The summed E-state index contributed by atoms with van der Waals surface area (Å²) in [6.07, 6.45) is 6.70. The summed E-state index contributed by atoms with van der Waals surface area (Å²) < 4.78 is 0. The minimum Gasteiger partial charge on any atom is -0.370 e. The number of halogens is 1. The van der Waals surface area contributed by atoms with E-state index in [-0.39, 0.29) is 11.8 Å². The van der Waals surface area contributed by atoms with Gasteiger partial charge >= 0.3 is 0 Å². The van der Waals surface area contributed by atoms with Crippen molar-refractivity contribution in [2.45, 2.75) is 19.8 Å². The van der Waals surface area contributed by atoms with Gasteiger partial charge in [-0.2, -0.15) is 0 Å². The first-order chi connectivity index (χ1) is 11.1. The number of hydrogen-bond acceptors (Lipinski definition) is 4. The number of anilines is 2. The number of carbonyl (C=O) groups excluding carboxylic acids is 1. The van der Waals surface area contributed by atoms with Crippen molar-refractivity contribution < 1.29 is 4.79 Å². The molecule has 0 spiro atoms. The molecule has 2 aromatic rings. The quantitative estimate of drug-likeness (QED) is 0.938. The highest BCUT2D eigenvalue weighted by atomic mass is 35.5. The molecule has 0 saturated carbocycles. The lowest BCUT2D eigenvalue weighted by atomic mass is 9.95. The predicted octanol–water partition coefficient (Wildman–Crippen LogP) is 3.29. The monoisotopic (exact) mass is 330 g/mol. The molecule has 23 heavy (non-hydrogen) atoms. The Morgan fingerprint density at radius 2 is 2.09 bits per heavy atom. The number of aryl methyl sites for hydroxylation is 1. The van der Waals surface area contributed by atoms with E-state index in [9.17, 15) is 4.79 Å². The van der Waals surface area contributed by atoms with Gasteiger partial charge in [0.2, 0.25) is 5.91 Å². The molecule has 0 aliphatic carbocycles. The Balaban J connectivity index is 1.58. The van der Waals surface area contributed by atoms with Gasteiger partial charge < -0.3 is 10.2 Å². The van der Waals surface area contributed by atoms with Crippen LogP contribution in [-0.2, 0) is 4.79 Å². The van der Waals surface area contributed by atoms with Crippen LogP contribution in [0, 0.1) is 12.8 Å². The van der Waals surface area contributed by atoms with Crippen LogP contribution in [0.3, 0.4) is 0 Å². The first-order valence-electron chi connectivity index (χ1n) is 7.71. The zero-order chi connectivity index (χ0) is 16.2. The van der Waals surface area contributed by atoms with Crippen molar-refractivity contribution in [2.24, 2.45) is 5.92 Å². The van der Waals surface area contributed by atoms with Crippen LogP contribution in [0.4, 0.5) is 11.5 Å². The zero-order valence-electron chi connectivity index (χ0n) is 13.0. The van der Waals surface area contributed by atoms with Gasteiger partial charge in [0.15, 0.2) is 0 Å². The number of hydrogen-bond donors (Lipinski definition) is 1. The Morgan fingerprint density at radius 1 is 1.30 bits per heavy atom. The van der Waals surface area contributed by atoms with Crippen LogP contribution >= 0.6 is 11.6 Å². The molecule has 6 heteroatoms. The summed E-state index contributed by atoms with van der Waals surface area (Å²) >= 11 is 6.19. The fourth-order valence-corrected chi connectivity index (χ4v) is 3.08. The highest BCUT2D eigenvalue weighted by Crippen LogP contribution is 2.29. The Hall–Kier alpha value is -2.14. The van der Waals surface area contributed by atoms with Gasteiger partial charge in [-0.15, -0.1) is 0 Å². The van der Waals surface area contributed by atoms with Crippen molar-refractivity contribution in [3.05, 3.63) is 47.4 Å². The van der Waals surface area contributed by atoms with E-state index in [1.165, 1.54) is 0 Å². The number of nitrogens with zero attached hydrogens (tertiary/aromatic N) is 3. The molecule has 1 N–H and O–H groups in total. The lowest BCUT2D eigenvalue weighted by molar-refractivity contribution is -0.120. The van der Waals surface area contributed by atoms with Gasteiger partial charge in [0.1, 0.15) is 5.82 Å². The molecule has 1 amide bonds. The summed E-state index contributed by atoms with van der Waals surface area (Å²) in [7, 11) is 0. The molecule has 3 heterocycles. The van der Waals surface area contributed by atoms with E-state index in [2.05, 4.69) is 20.2 Å². The van der Waals surface area contributed by atoms with Crippen LogP contribution in [0.2, 0.25) is 5.02 Å². The van der Waals surface area contributed by atoms with Gasteiger partial charge in [0.25, 0.3) is 0 Å². The number of piperidine rings is 1. The average molecular weight is 331 g/mol. The maximum absolute atomic E-state index is 12.4. The number of nitrogens with one attached hydrogen (secondary N) is 1. The maximum atomic E-state index is 12.4. The van der Waals surface area contributed by atoms with Crippen LogP contribution in [0.15, 0.2) is 36.8 Å². The van der Waals surface area contributed by atoms with E-state index in [1.54, 1.807) is 18.6 Å². The van der Waals surface area contributed by atoms with E-state index >= 15 is 0 Å². The number of carbonyl (C=O) groups is 1. The van der Waals surface area contributed by atoms with Crippen molar-refractivity contribution in [3.63, 3.8) is 0 Å². The molecule has 1 fully saturated rings. The van der Waals surface area contributed by atoms with Gasteiger partial charge in [0.05, 0.1) is 10.7 Å². The molecule has 2 aromatic heterocycles. The first-order valence-corrected chi connectivity index (χ1v) is 8.09. The van der Waals surface area contributed by atoms with Crippen LogP contribution in [-0.4, -0.2) is 29.0 Å². The van der Waals surface area contributed by atoms with E-state index in [1.807, 2.05) is 25.1 Å². The van der Waals surface area contributed by atoms with Gasteiger partial charge in [0, 0.05) is 37.6 Å². The van der Waals surface area contributed by atoms with Crippen molar-refractivity contribution >= 4 is 29.0 Å². The Kier molecular flexibility index (Phi) is 4.76. The zero-order valence-corrected chi connectivity index (χ0v) is 13.8. The largest absolute Gasteiger partial charge is 0.370 e. The molecule has 0 radical (unpaired) electrons. The molecule has 1 aliphatic heterocycles. The number of aromatic nitrogens is 2. The summed E-state index contributed by atoms with van der Waals surface area (Å²) in [5, 5.41) is 3.57. The second-order valence-corrected chi connectivity index (χ2v) is 6.20. The first kappa shape index (κ1) is 15.7. The Bertz CT molecular complexity index is 698. The molecule has 120 valence electrons. The summed E-state index contributed by atoms with van der Waals surface area (Å²) in [6.45, 7) is 3.60. The summed E-state index contributed by atoms with van der Waals surface area (Å²) in [4.78, 5) is 22.8. The second kappa shape index (κ2) is 6.96. The van der Waals surface area contributed by atoms with E-state index < -0.39 is 0 Å². The van der Waals surface area contributed by atoms with Crippen molar-refractivity contribution in [1.29, 1.82) is 0 Å². The number of amides is 1. The SMILES string of the molecule is Cc1ccnc(NC(=O)C2CCN(c3ccncc3Cl)CC2)c1. The fourth-order valence-electron chi connectivity index (χ4n) is 2.84. The molecule has 0 bridgehead atoms. The van der Waals surface area contributed by atoms with Crippen molar-refractivity contribution in [1.82, 2.24) is 9.97 Å². The topological polar surface area (TPSA) is 58.1 Å². The molecule has 3 rings (SSSR count).